The molecule has 2 N–H and O–H groups in total. The Bertz CT molecular complexity index is 724. The van der Waals surface area contributed by atoms with Gasteiger partial charge in [0.05, 0.1) is 0 Å². The Morgan fingerprint density at radius 3 is 2.55 bits per heavy atom. The fraction of sp³-hybridized carbons (Fsp3) is 0.222. The van der Waals surface area contributed by atoms with Crippen LogP contribution in [-0.4, -0.2) is 11.5 Å². The molecular weight excluding hydrogens is 244 g/mol. The van der Waals surface area contributed by atoms with Gasteiger partial charge in [-0.1, -0.05) is 42.5 Å². The topological polar surface area (TPSA) is 27.8 Å². The second-order valence-corrected chi connectivity index (χ2v) is 5.62. The molecular formula is C18H18N2. The van der Waals surface area contributed by atoms with Crippen molar-refractivity contribution < 1.29 is 0 Å². The van der Waals surface area contributed by atoms with Crippen LogP contribution in [0.2, 0.25) is 0 Å². The highest BCUT2D eigenvalue weighted by Crippen LogP contribution is 2.34. The summed E-state index contributed by atoms with van der Waals surface area (Å²) in [6, 6.07) is 20.0. The summed E-state index contributed by atoms with van der Waals surface area (Å²) in [7, 11) is 0. The van der Waals surface area contributed by atoms with Crippen LogP contribution in [0.3, 0.4) is 0 Å². The molecule has 2 aromatic carbocycles. The molecule has 3 aromatic rings. The molecule has 2 atom stereocenters. The molecule has 20 heavy (non-hydrogen) atoms. The van der Waals surface area contributed by atoms with Crippen molar-refractivity contribution in [2.45, 2.75) is 18.9 Å². The van der Waals surface area contributed by atoms with Crippen molar-refractivity contribution in [3.05, 3.63) is 71.4 Å². The lowest BCUT2D eigenvalue weighted by Gasteiger charge is -2.30. The van der Waals surface area contributed by atoms with Crippen LogP contribution < -0.4 is 5.32 Å². The number of H-pyrrole nitrogens is 1. The molecule has 100 valence electrons. The van der Waals surface area contributed by atoms with Gasteiger partial charge in [0.2, 0.25) is 0 Å². The third kappa shape index (κ3) is 1.76. The first-order valence-corrected chi connectivity index (χ1v) is 7.23. The van der Waals surface area contributed by atoms with E-state index in [0.717, 1.165) is 6.54 Å². The van der Waals surface area contributed by atoms with Crippen LogP contribution in [0.4, 0.5) is 0 Å². The highest BCUT2D eigenvalue weighted by Gasteiger charge is 2.26. The van der Waals surface area contributed by atoms with Gasteiger partial charge in [0.15, 0.2) is 0 Å². The van der Waals surface area contributed by atoms with Crippen molar-refractivity contribution in [3.63, 3.8) is 0 Å². The van der Waals surface area contributed by atoms with Gasteiger partial charge in [0, 0.05) is 29.7 Å². The standard InChI is InChI=1S/C18H18N2/c1-12-14-7-3-4-8-15(14)16(11-19-12)18-10-13-6-2-5-9-17(13)20-18/h2-10,12,16,19-20H,11H2,1H3/t12-,16-/m1/s1. The van der Waals surface area contributed by atoms with Crippen molar-refractivity contribution in [1.29, 1.82) is 0 Å². The molecule has 0 amide bonds. The van der Waals surface area contributed by atoms with E-state index in [1.54, 1.807) is 0 Å². The summed E-state index contributed by atoms with van der Waals surface area (Å²) in [6.07, 6.45) is 0. The molecule has 2 nitrogen and oxygen atoms in total. The highest BCUT2D eigenvalue weighted by atomic mass is 14.9. The zero-order valence-corrected chi connectivity index (χ0v) is 11.6. The first kappa shape index (κ1) is 11.7. The maximum atomic E-state index is 3.61. The molecule has 0 unspecified atom stereocenters. The number of nitrogens with one attached hydrogen (secondary N) is 2. The summed E-state index contributed by atoms with van der Waals surface area (Å²) in [6.45, 7) is 3.23. The van der Waals surface area contributed by atoms with E-state index in [0.29, 0.717) is 12.0 Å². The summed E-state index contributed by atoms with van der Waals surface area (Å²) >= 11 is 0. The summed E-state index contributed by atoms with van der Waals surface area (Å²) in [5, 5.41) is 4.90. The van der Waals surface area contributed by atoms with Crippen molar-refractivity contribution in [2.24, 2.45) is 0 Å². The molecule has 2 heterocycles. The van der Waals surface area contributed by atoms with E-state index in [-0.39, 0.29) is 0 Å². The Hall–Kier alpha value is -2.06. The minimum Gasteiger partial charge on any atom is -0.358 e. The summed E-state index contributed by atoms with van der Waals surface area (Å²) in [5.41, 5.74) is 5.39. The molecule has 1 aliphatic heterocycles. The van der Waals surface area contributed by atoms with Gasteiger partial charge in [0.25, 0.3) is 0 Å². The third-order valence-corrected chi connectivity index (χ3v) is 4.39. The van der Waals surface area contributed by atoms with E-state index in [1.165, 1.54) is 27.7 Å². The maximum absolute atomic E-state index is 3.61. The van der Waals surface area contributed by atoms with Crippen LogP contribution in [0.5, 0.6) is 0 Å². The first-order valence-electron chi connectivity index (χ1n) is 7.23. The molecule has 1 aliphatic rings. The Morgan fingerprint density at radius 1 is 0.950 bits per heavy atom. The number of rotatable bonds is 1. The number of hydrogen-bond acceptors (Lipinski definition) is 1. The summed E-state index contributed by atoms with van der Waals surface area (Å²) in [4.78, 5) is 3.58. The second kappa shape index (κ2) is 4.50. The Labute approximate surface area is 118 Å². The van der Waals surface area contributed by atoms with Gasteiger partial charge >= 0.3 is 0 Å². The van der Waals surface area contributed by atoms with E-state index >= 15 is 0 Å². The molecule has 2 heteroatoms. The molecule has 4 rings (SSSR count). The Morgan fingerprint density at radius 2 is 1.70 bits per heavy atom. The fourth-order valence-electron chi connectivity index (χ4n) is 3.30. The van der Waals surface area contributed by atoms with Gasteiger partial charge in [-0.15, -0.1) is 0 Å². The van der Waals surface area contributed by atoms with Crippen molar-refractivity contribution >= 4 is 10.9 Å². The van der Waals surface area contributed by atoms with Gasteiger partial charge in [-0.3, -0.25) is 0 Å². The predicted octanol–water partition coefficient (Wildman–Crippen LogP) is 3.96. The molecule has 0 bridgehead atoms. The van der Waals surface area contributed by atoms with Gasteiger partial charge in [-0.25, -0.2) is 0 Å². The highest BCUT2D eigenvalue weighted by molar-refractivity contribution is 5.80. The average molecular weight is 262 g/mol. The van der Waals surface area contributed by atoms with Crippen molar-refractivity contribution in [2.75, 3.05) is 6.54 Å². The number of aromatic nitrogens is 1. The SMILES string of the molecule is C[C@H]1NC[C@@H](c2cc3ccccc3[nH]2)c2ccccc21. The molecule has 0 fully saturated rings. The third-order valence-electron chi connectivity index (χ3n) is 4.39. The van der Waals surface area contributed by atoms with Gasteiger partial charge < -0.3 is 10.3 Å². The fourth-order valence-corrected chi connectivity index (χ4v) is 3.30. The average Bonchev–Trinajstić information content (AvgIpc) is 2.91. The number of aromatic amines is 1. The minimum absolute atomic E-state index is 0.412. The number of benzene rings is 2. The van der Waals surface area contributed by atoms with Gasteiger partial charge in [-0.2, -0.15) is 0 Å². The van der Waals surface area contributed by atoms with E-state index in [9.17, 15) is 0 Å². The van der Waals surface area contributed by atoms with E-state index in [1.807, 2.05) is 0 Å². The zero-order valence-electron chi connectivity index (χ0n) is 11.6. The van der Waals surface area contributed by atoms with E-state index in [2.05, 4.69) is 71.8 Å². The normalized spacial score (nSPS) is 21.9. The monoisotopic (exact) mass is 262 g/mol. The van der Waals surface area contributed by atoms with Crippen LogP contribution in [0.15, 0.2) is 54.6 Å². The van der Waals surface area contributed by atoms with Gasteiger partial charge in [0.1, 0.15) is 0 Å². The van der Waals surface area contributed by atoms with Gasteiger partial charge in [-0.05, 0) is 35.6 Å². The van der Waals surface area contributed by atoms with Crippen molar-refractivity contribution in [1.82, 2.24) is 10.3 Å². The number of fused-ring (bicyclic) bond motifs is 2. The van der Waals surface area contributed by atoms with Crippen LogP contribution >= 0.6 is 0 Å². The molecule has 0 spiro atoms. The Balaban J connectivity index is 1.84. The molecule has 0 saturated carbocycles. The van der Waals surface area contributed by atoms with Crippen molar-refractivity contribution in [3.8, 4) is 0 Å². The predicted molar refractivity (Wildman–Crippen MR) is 83.0 cm³/mol. The smallest absolute Gasteiger partial charge is 0.0456 e. The zero-order chi connectivity index (χ0) is 13.5. The lowest BCUT2D eigenvalue weighted by Crippen LogP contribution is -2.32. The quantitative estimate of drug-likeness (QED) is 0.682. The van der Waals surface area contributed by atoms with Crippen LogP contribution in [-0.2, 0) is 0 Å². The molecule has 0 aliphatic carbocycles. The second-order valence-electron chi connectivity index (χ2n) is 5.62. The lowest BCUT2D eigenvalue weighted by atomic mass is 9.85. The number of para-hydroxylation sites is 1. The largest absolute Gasteiger partial charge is 0.358 e. The van der Waals surface area contributed by atoms with E-state index in [4.69, 9.17) is 0 Å². The van der Waals surface area contributed by atoms with E-state index < -0.39 is 0 Å². The maximum Gasteiger partial charge on any atom is 0.0456 e. The minimum atomic E-state index is 0.412. The van der Waals surface area contributed by atoms with Crippen LogP contribution in [0.25, 0.3) is 10.9 Å². The number of hydrogen-bond donors (Lipinski definition) is 2. The summed E-state index contributed by atoms with van der Waals surface area (Å²) < 4.78 is 0. The lowest BCUT2D eigenvalue weighted by molar-refractivity contribution is 0.505. The Kier molecular flexibility index (Phi) is 2.64. The molecule has 1 aromatic heterocycles. The van der Waals surface area contributed by atoms with Crippen LogP contribution in [0, 0.1) is 0 Å². The molecule has 0 saturated heterocycles. The molecule has 0 radical (unpaired) electrons. The summed E-state index contributed by atoms with van der Waals surface area (Å²) in [5.74, 6) is 0.412. The van der Waals surface area contributed by atoms with Crippen LogP contribution in [0.1, 0.15) is 35.7 Å². The first-order chi connectivity index (χ1) is 9.83.